The Bertz CT molecular complexity index is 614. The first-order chi connectivity index (χ1) is 8.06. The first-order valence-corrected chi connectivity index (χ1v) is 6.13. The van der Waals surface area contributed by atoms with E-state index in [0.717, 1.165) is 15.9 Å². The number of hydrogen-bond donors (Lipinski definition) is 0. The van der Waals surface area contributed by atoms with Crippen LogP contribution in [0.4, 0.5) is 0 Å². The molecule has 0 aliphatic heterocycles. The minimum Gasteiger partial charge on any atom is -0.311 e. The fourth-order valence-corrected chi connectivity index (χ4v) is 1.91. The Kier molecular flexibility index (Phi) is 3.15. The quantitative estimate of drug-likeness (QED) is 0.849. The Balaban J connectivity index is 2.69. The third-order valence-corrected chi connectivity index (χ3v) is 3.79. The standard InChI is InChI=1S/C11H13BrN4O/c1-4-15-6-5-13-10(11(15)17)16-8(3)9(12)7(2)14-16/h5-6H,4H2,1-3H3. The summed E-state index contributed by atoms with van der Waals surface area (Å²) in [6.45, 7) is 6.32. The number of rotatable bonds is 2. The summed E-state index contributed by atoms with van der Waals surface area (Å²) in [4.78, 5) is 16.2. The number of nitrogens with zero attached hydrogens (tertiary/aromatic N) is 4. The Labute approximate surface area is 107 Å². The summed E-state index contributed by atoms with van der Waals surface area (Å²) in [6, 6.07) is 0. The van der Waals surface area contributed by atoms with Crippen molar-refractivity contribution in [3.8, 4) is 5.82 Å². The van der Waals surface area contributed by atoms with Gasteiger partial charge in [-0.2, -0.15) is 5.10 Å². The molecule has 0 atom stereocenters. The molecule has 0 saturated heterocycles. The van der Waals surface area contributed by atoms with Gasteiger partial charge in [-0.25, -0.2) is 9.67 Å². The second-order valence-corrected chi connectivity index (χ2v) is 4.53. The second kappa shape index (κ2) is 4.44. The van der Waals surface area contributed by atoms with E-state index in [1.54, 1.807) is 21.6 Å². The fraction of sp³-hybridized carbons (Fsp3) is 0.364. The van der Waals surface area contributed by atoms with Crippen LogP contribution in [0, 0.1) is 13.8 Å². The van der Waals surface area contributed by atoms with E-state index in [9.17, 15) is 4.79 Å². The highest BCUT2D eigenvalue weighted by molar-refractivity contribution is 9.10. The number of halogens is 1. The predicted octanol–water partition coefficient (Wildman–Crippen LogP) is 1.83. The van der Waals surface area contributed by atoms with E-state index in [4.69, 9.17) is 0 Å². The lowest BCUT2D eigenvalue weighted by Crippen LogP contribution is -2.25. The van der Waals surface area contributed by atoms with Gasteiger partial charge < -0.3 is 4.57 Å². The molecule has 0 fully saturated rings. The average molecular weight is 297 g/mol. The maximum atomic E-state index is 12.1. The summed E-state index contributed by atoms with van der Waals surface area (Å²) in [6.07, 6.45) is 3.29. The van der Waals surface area contributed by atoms with Gasteiger partial charge in [0.15, 0.2) is 0 Å². The molecule has 5 nitrogen and oxygen atoms in total. The summed E-state index contributed by atoms with van der Waals surface area (Å²) < 4.78 is 4.09. The van der Waals surface area contributed by atoms with Crippen molar-refractivity contribution in [3.05, 3.63) is 38.6 Å². The van der Waals surface area contributed by atoms with Crippen LogP contribution >= 0.6 is 15.9 Å². The first kappa shape index (κ1) is 12.0. The molecule has 2 heterocycles. The number of hydrogen-bond acceptors (Lipinski definition) is 3. The van der Waals surface area contributed by atoms with Crippen molar-refractivity contribution < 1.29 is 0 Å². The molecule has 0 unspecified atom stereocenters. The summed E-state index contributed by atoms with van der Waals surface area (Å²) in [7, 11) is 0. The van der Waals surface area contributed by atoms with Gasteiger partial charge in [-0.1, -0.05) is 0 Å². The fourth-order valence-electron chi connectivity index (χ4n) is 1.66. The van der Waals surface area contributed by atoms with Crippen molar-refractivity contribution >= 4 is 15.9 Å². The van der Waals surface area contributed by atoms with Crippen molar-refractivity contribution in [1.82, 2.24) is 19.3 Å². The smallest absolute Gasteiger partial charge is 0.295 e. The minimum absolute atomic E-state index is 0.131. The Hall–Kier alpha value is -1.43. The van der Waals surface area contributed by atoms with Crippen molar-refractivity contribution in [2.45, 2.75) is 27.3 Å². The average Bonchev–Trinajstić information content (AvgIpc) is 2.57. The van der Waals surface area contributed by atoms with E-state index in [0.29, 0.717) is 12.4 Å². The van der Waals surface area contributed by atoms with Crippen LogP contribution in [0.25, 0.3) is 5.82 Å². The van der Waals surface area contributed by atoms with Gasteiger partial charge in [0, 0.05) is 18.9 Å². The normalized spacial score (nSPS) is 10.8. The Morgan fingerprint density at radius 3 is 2.65 bits per heavy atom. The largest absolute Gasteiger partial charge is 0.311 e. The number of aromatic nitrogens is 4. The molecule has 90 valence electrons. The van der Waals surface area contributed by atoms with Crippen LogP contribution in [-0.4, -0.2) is 19.3 Å². The number of aryl methyl sites for hydroxylation is 2. The summed E-state index contributed by atoms with van der Waals surface area (Å²) >= 11 is 3.44. The second-order valence-electron chi connectivity index (χ2n) is 3.74. The lowest BCUT2D eigenvalue weighted by Gasteiger charge is -2.05. The third-order valence-electron chi connectivity index (χ3n) is 2.64. The van der Waals surface area contributed by atoms with Gasteiger partial charge in [0.1, 0.15) is 0 Å². The topological polar surface area (TPSA) is 52.7 Å². The lowest BCUT2D eigenvalue weighted by molar-refractivity contribution is 0.687. The van der Waals surface area contributed by atoms with E-state index >= 15 is 0 Å². The zero-order valence-corrected chi connectivity index (χ0v) is 11.5. The Morgan fingerprint density at radius 2 is 2.12 bits per heavy atom. The van der Waals surface area contributed by atoms with Crippen LogP contribution in [0.1, 0.15) is 18.3 Å². The van der Waals surface area contributed by atoms with Crippen LogP contribution in [0.15, 0.2) is 21.7 Å². The van der Waals surface area contributed by atoms with Gasteiger partial charge in [-0.15, -0.1) is 0 Å². The molecular formula is C11H13BrN4O. The van der Waals surface area contributed by atoms with E-state index in [1.165, 1.54) is 0 Å². The monoisotopic (exact) mass is 296 g/mol. The van der Waals surface area contributed by atoms with Crippen LogP contribution in [-0.2, 0) is 6.54 Å². The molecule has 2 aromatic heterocycles. The highest BCUT2D eigenvalue weighted by atomic mass is 79.9. The zero-order chi connectivity index (χ0) is 12.6. The highest BCUT2D eigenvalue weighted by Gasteiger charge is 2.14. The molecule has 2 rings (SSSR count). The van der Waals surface area contributed by atoms with Crippen molar-refractivity contribution in [2.24, 2.45) is 0 Å². The Morgan fingerprint density at radius 1 is 1.41 bits per heavy atom. The summed E-state index contributed by atoms with van der Waals surface area (Å²) in [5.41, 5.74) is 1.59. The van der Waals surface area contributed by atoms with Gasteiger partial charge in [0.25, 0.3) is 5.56 Å². The molecular weight excluding hydrogens is 284 g/mol. The van der Waals surface area contributed by atoms with Crippen LogP contribution in [0.2, 0.25) is 0 Å². The van der Waals surface area contributed by atoms with E-state index in [1.807, 2.05) is 20.8 Å². The maximum Gasteiger partial charge on any atom is 0.295 e. The molecule has 0 saturated carbocycles. The third kappa shape index (κ3) is 1.93. The molecule has 6 heteroatoms. The molecule has 0 aromatic carbocycles. The predicted molar refractivity (Wildman–Crippen MR) is 68.5 cm³/mol. The van der Waals surface area contributed by atoms with Gasteiger partial charge >= 0.3 is 0 Å². The SMILES string of the molecule is CCn1ccnc(-n2nc(C)c(Br)c2C)c1=O. The minimum atomic E-state index is -0.131. The van der Waals surface area contributed by atoms with Gasteiger partial charge in [-0.3, -0.25) is 4.79 Å². The molecule has 2 aromatic rings. The highest BCUT2D eigenvalue weighted by Crippen LogP contribution is 2.20. The lowest BCUT2D eigenvalue weighted by atomic mass is 10.4. The molecule has 0 bridgehead atoms. The summed E-state index contributed by atoms with van der Waals surface area (Å²) in [5.74, 6) is 0.334. The maximum absolute atomic E-state index is 12.1. The molecule has 17 heavy (non-hydrogen) atoms. The molecule has 0 aliphatic carbocycles. The summed E-state index contributed by atoms with van der Waals surface area (Å²) in [5, 5.41) is 4.31. The van der Waals surface area contributed by atoms with Crippen molar-refractivity contribution in [3.63, 3.8) is 0 Å². The van der Waals surface area contributed by atoms with Crippen molar-refractivity contribution in [1.29, 1.82) is 0 Å². The molecule has 0 radical (unpaired) electrons. The van der Waals surface area contributed by atoms with Crippen LogP contribution in [0.5, 0.6) is 0 Å². The van der Waals surface area contributed by atoms with Gasteiger partial charge in [0.05, 0.1) is 15.9 Å². The van der Waals surface area contributed by atoms with Gasteiger partial charge in [-0.05, 0) is 36.7 Å². The van der Waals surface area contributed by atoms with Crippen LogP contribution in [0.3, 0.4) is 0 Å². The van der Waals surface area contributed by atoms with E-state index in [-0.39, 0.29) is 5.56 Å². The van der Waals surface area contributed by atoms with Crippen molar-refractivity contribution in [2.75, 3.05) is 0 Å². The zero-order valence-electron chi connectivity index (χ0n) is 9.94. The van der Waals surface area contributed by atoms with E-state index in [2.05, 4.69) is 26.0 Å². The molecule has 0 spiro atoms. The van der Waals surface area contributed by atoms with Gasteiger partial charge in [0.2, 0.25) is 5.82 Å². The van der Waals surface area contributed by atoms with Crippen LogP contribution < -0.4 is 5.56 Å². The molecule has 0 amide bonds. The molecule has 0 aliphatic rings. The molecule has 0 N–H and O–H groups in total. The first-order valence-electron chi connectivity index (χ1n) is 5.33. The van der Waals surface area contributed by atoms with E-state index < -0.39 is 0 Å².